The Balaban J connectivity index is 1.67. The number of aromatic nitrogens is 2. The number of carbonyl (C=O) groups excluding carboxylic acids is 1. The van der Waals surface area contributed by atoms with Gasteiger partial charge in [-0.2, -0.15) is 0 Å². The number of nitrogens with zero attached hydrogens (tertiary/aromatic N) is 2. The van der Waals surface area contributed by atoms with Gasteiger partial charge in [0.05, 0.1) is 18.4 Å². The zero-order valence-corrected chi connectivity index (χ0v) is 16.7. The fraction of sp³-hybridized carbons (Fsp3) is 0.190. The molecule has 7 heteroatoms. The van der Waals surface area contributed by atoms with Gasteiger partial charge in [0.2, 0.25) is 5.95 Å². The maximum atomic E-state index is 12.3. The molecule has 0 aliphatic carbocycles. The van der Waals surface area contributed by atoms with Gasteiger partial charge in [-0.05, 0) is 36.6 Å². The van der Waals surface area contributed by atoms with Crippen molar-refractivity contribution in [2.45, 2.75) is 20.4 Å². The molecule has 1 amide bonds. The Labute approximate surface area is 168 Å². The van der Waals surface area contributed by atoms with Gasteiger partial charge < -0.3 is 15.4 Å². The van der Waals surface area contributed by atoms with E-state index in [-0.39, 0.29) is 5.91 Å². The van der Waals surface area contributed by atoms with E-state index < -0.39 is 0 Å². The SMILES string of the molecule is COc1cc(Cl)c(C)cc1Nc1ncc(C(=O)NCc2ccccc2C)cn1. The van der Waals surface area contributed by atoms with Crippen LogP contribution < -0.4 is 15.4 Å². The van der Waals surface area contributed by atoms with E-state index in [2.05, 4.69) is 20.6 Å². The van der Waals surface area contributed by atoms with Crippen LogP contribution in [0, 0.1) is 13.8 Å². The van der Waals surface area contributed by atoms with E-state index >= 15 is 0 Å². The Morgan fingerprint density at radius 3 is 2.50 bits per heavy atom. The summed E-state index contributed by atoms with van der Waals surface area (Å²) in [4.78, 5) is 20.8. The first-order valence-corrected chi connectivity index (χ1v) is 9.11. The van der Waals surface area contributed by atoms with Crippen molar-refractivity contribution in [1.29, 1.82) is 0 Å². The van der Waals surface area contributed by atoms with E-state index in [0.29, 0.717) is 34.5 Å². The lowest BCUT2D eigenvalue weighted by atomic mass is 10.1. The Morgan fingerprint density at radius 1 is 1.11 bits per heavy atom. The number of anilines is 2. The van der Waals surface area contributed by atoms with Crippen LogP contribution in [0.4, 0.5) is 11.6 Å². The number of methoxy groups -OCH3 is 1. The minimum absolute atomic E-state index is 0.227. The van der Waals surface area contributed by atoms with Crippen LogP contribution in [0.25, 0.3) is 0 Å². The van der Waals surface area contributed by atoms with Crippen molar-refractivity contribution in [3.8, 4) is 5.75 Å². The molecule has 3 rings (SSSR count). The van der Waals surface area contributed by atoms with Crippen molar-refractivity contribution in [2.24, 2.45) is 0 Å². The predicted molar refractivity (Wildman–Crippen MR) is 110 cm³/mol. The number of halogens is 1. The fourth-order valence-corrected chi connectivity index (χ4v) is 2.80. The third kappa shape index (κ3) is 4.58. The van der Waals surface area contributed by atoms with Gasteiger partial charge in [-0.15, -0.1) is 0 Å². The second-order valence-electron chi connectivity index (χ2n) is 6.33. The average Bonchev–Trinajstić information content (AvgIpc) is 2.70. The van der Waals surface area contributed by atoms with Gasteiger partial charge in [-0.1, -0.05) is 35.9 Å². The van der Waals surface area contributed by atoms with Crippen LogP contribution in [0.3, 0.4) is 0 Å². The first kappa shape index (κ1) is 19.6. The average molecular weight is 397 g/mol. The van der Waals surface area contributed by atoms with E-state index in [9.17, 15) is 4.79 Å². The molecule has 0 saturated heterocycles. The van der Waals surface area contributed by atoms with Gasteiger partial charge in [0.25, 0.3) is 5.91 Å². The summed E-state index contributed by atoms with van der Waals surface area (Å²) in [6.07, 6.45) is 2.97. The minimum Gasteiger partial charge on any atom is -0.495 e. The molecular weight excluding hydrogens is 376 g/mol. The van der Waals surface area contributed by atoms with Gasteiger partial charge in [0.15, 0.2) is 0 Å². The topological polar surface area (TPSA) is 76.1 Å². The molecule has 0 aliphatic rings. The summed E-state index contributed by atoms with van der Waals surface area (Å²) < 4.78 is 5.33. The van der Waals surface area contributed by atoms with Crippen LogP contribution in [0.1, 0.15) is 27.0 Å². The normalized spacial score (nSPS) is 10.4. The Bertz CT molecular complexity index is 990. The highest BCUT2D eigenvalue weighted by atomic mass is 35.5. The summed E-state index contributed by atoms with van der Waals surface area (Å²) in [7, 11) is 1.56. The molecule has 0 fully saturated rings. The van der Waals surface area contributed by atoms with Crippen LogP contribution in [0.15, 0.2) is 48.8 Å². The predicted octanol–water partition coefficient (Wildman–Crippen LogP) is 4.43. The number of ether oxygens (including phenoxy) is 1. The van der Waals surface area contributed by atoms with Crippen LogP contribution in [0.2, 0.25) is 5.02 Å². The maximum absolute atomic E-state index is 12.3. The third-order valence-corrected chi connectivity index (χ3v) is 4.75. The summed E-state index contributed by atoms with van der Waals surface area (Å²) in [6, 6.07) is 11.5. The van der Waals surface area contributed by atoms with Crippen LogP contribution in [-0.4, -0.2) is 23.0 Å². The monoisotopic (exact) mass is 396 g/mol. The quantitative estimate of drug-likeness (QED) is 0.644. The summed E-state index contributed by atoms with van der Waals surface area (Å²) in [5, 5.41) is 6.58. The highest BCUT2D eigenvalue weighted by Crippen LogP contribution is 2.32. The molecule has 1 heterocycles. The smallest absolute Gasteiger partial charge is 0.254 e. The van der Waals surface area contributed by atoms with E-state index in [4.69, 9.17) is 16.3 Å². The number of amides is 1. The molecule has 1 aromatic heterocycles. The van der Waals surface area contributed by atoms with Crippen LogP contribution in [0.5, 0.6) is 5.75 Å². The van der Waals surface area contributed by atoms with Crippen molar-refractivity contribution < 1.29 is 9.53 Å². The van der Waals surface area contributed by atoms with Crippen molar-refractivity contribution in [2.75, 3.05) is 12.4 Å². The van der Waals surface area contributed by atoms with Gasteiger partial charge >= 0.3 is 0 Å². The van der Waals surface area contributed by atoms with Gasteiger partial charge in [-0.25, -0.2) is 9.97 Å². The molecule has 144 valence electrons. The zero-order valence-electron chi connectivity index (χ0n) is 15.9. The second-order valence-corrected chi connectivity index (χ2v) is 6.74. The number of hydrogen-bond donors (Lipinski definition) is 2. The number of hydrogen-bond acceptors (Lipinski definition) is 5. The number of aryl methyl sites for hydroxylation is 2. The van der Waals surface area contributed by atoms with E-state index in [1.54, 1.807) is 13.2 Å². The molecule has 0 unspecified atom stereocenters. The first-order valence-electron chi connectivity index (χ1n) is 8.74. The van der Waals surface area contributed by atoms with Gasteiger partial charge in [0, 0.05) is 30.0 Å². The Morgan fingerprint density at radius 2 is 1.82 bits per heavy atom. The Hall–Kier alpha value is -3.12. The molecule has 2 N–H and O–H groups in total. The van der Waals surface area contributed by atoms with E-state index in [1.807, 2.05) is 44.2 Å². The number of benzene rings is 2. The molecule has 0 bridgehead atoms. The minimum atomic E-state index is -0.227. The highest BCUT2D eigenvalue weighted by Gasteiger charge is 2.11. The fourth-order valence-electron chi connectivity index (χ4n) is 2.65. The van der Waals surface area contributed by atoms with Gasteiger partial charge in [-0.3, -0.25) is 4.79 Å². The zero-order chi connectivity index (χ0) is 20.1. The molecular formula is C21H21ClN4O2. The lowest BCUT2D eigenvalue weighted by molar-refractivity contribution is 0.0950. The molecule has 0 radical (unpaired) electrons. The van der Waals surface area contributed by atoms with Gasteiger partial charge in [0.1, 0.15) is 5.75 Å². The molecule has 0 spiro atoms. The lowest BCUT2D eigenvalue weighted by Gasteiger charge is -2.12. The standard InChI is InChI=1S/C21H21ClN4O2/c1-13-6-4-5-7-15(13)10-23-20(27)16-11-24-21(25-12-16)26-18-8-14(2)17(22)9-19(18)28-3/h4-9,11-12H,10H2,1-3H3,(H,23,27)(H,24,25,26). The van der Waals surface area contributed by atoms with Crippen molar-refractivity contribution >= 4 is 29.1 Å². The largest absolute Gasteiger partial charge is 0.495 e. The molecule has 2 aromatic carbocycles. The molecule has 0 aliphatic heterocycles. The van der Waals surface area contributed by atoms with Crippen molar-refractivity contribution in [1.82, 2.24) is 15.3 Å². The highest BCUT2D eigenvalue weighted by molar-refractivity contribution is 6.31. The van der Waals surface area contributed by atoms with Crippen molar-refractivity contribution in [3.05, 3.63) is 76.1 Å². The maximum Gasteiger partial charge on any atom is 0.254 e. The molecule has 0 saturated carbocycles. The van der Waals surface area contributed by atoms with Crippen LogP contribution in [-0.2, 0) is 6.54 Å². The van der Waals surface area contributed by atoms with E-state index in [1.165, 1.54) is 12.4 Å². The molecule has 6 nitrogen and oxygen atoms in total. The first-order chi connectivity index (χ1) is 13.5. The lowest BCUT2D eigenvalue weighted by Crippen LogP contribution is -2.23. The third-order valence-electron chi connectivity index (χ3n) is 4.34. The van der Waals surface area contributed by atoms with Crippen LogP contribution >= 0.6 is 11.6 Å². The molecule has 0 atom stereocenters. The summed E-state index contributed by atoms with van der Waals surface area (Å²) in [6.45, 7) is 4.36. The van der Waals surface area contributed by atoms with Crippen molar-refractivity contribution in [3.63, 3.8) is 0 Å². The number of rotatable bonds is 6. The summed E-state index contributed by atoms with van der Waals surface area (Å²) in [5.74, 6) is 0.712. The number of nitrogens with one attached hydrogen (secondary N) is 2. The Kier molecular flexibility index (Phi) is 6.11. The molecule has 28 heavy (non-hydrogen) atoms. The molecule has 3 aromatic rings. The summed E-state index contributed by atoms with van der Waals surface area (Å²) in [5.41, 5.74) is 4.18. The number of carbonyl (C=O) groups is 1. The summed E-state index contributed by atoms with van der Waals surface area (Å²) >= 11 is 6.12. The van der Waals surface area contributed by atoms with E-state index in [0.717, 1.165) is 16.7 Å². The second kappa shape index (κ2) is 8.71.